The van der Waals surface area contributed by atoms with Crippen molar-refractivity contribution in [2.75, 3.05) is 39.6 Å². The van der Waals surface area contributed by atoms with E-state index in [9.17, 15) is 43.2 Å². The molecule has 19 heteroatoms. The predicted octanol–water partition coefficient (Wildman–Crippen LogP) is 22.4. The molecular formula is C83H136O17P2. The molecule has 17 nitrogen and oxygen atoms in total. The van der Waals surface area contributed by atoms with Gasteiger partial charge in [0.15, 0.2) is 12.2 Å². The molecule has 0 spiro atoms. The first kappa shape index (κ1) is 96.7. The molecule has 5 unspecified atom stereocenters. The van der Waals surface area contributed by atoms with Gasteiger partial charge in [-0.2, -0.15) is 0 Å². The first-order valence-corrected chi connectivity index (χ1v) is 41.7. The van der Waals surface area contributed by atoms with Crippen molar-refractivity contribution in [3.05, 3.63) is 158 Å². The number of phosphoric ester groups is 2. The Balaban J connectivity index is 5.48. The van der Waals surface area contributed by atoms with Gasteiger partial charge in [0, 0.05) is 19.3 Å². The van der Waals surface area contributed by atoms with Crippen molar-refractivity contribution >= 4 is 39.5 Å². The standard InChI is InChI=1S/C83H136O17P2/c1-5-9-13-17-21-25-29-33-37-38-42-44-48-52-56-60-64-68-81(86)94-74-79(100-83(88)70-66-62-58-54-50-46-41-36-32-28-24-20-16-12-8-4)76-98-102(91,92)96-72-77(84)71-95-101(89,90)97-75-78(99-82(87)69-65-61-57-53-49-45-40-35-31-27-23-19-15-11-7-3)73-93-80(85)67-63-59-55-51-47-43-39-34-30-26-22-18-14-10-6-2/h9-10,12-14,16,21-22,24-26,28,33-37,39-41,47,50-51,54,62,66,77-79,84H,5-8,11,15,17-20,23,27,29-32,38,42-46,48-49,52-53,55-61,63-65,67-76H2,1-4H3,(H,89,90)(H,91,92)/b13-9-,14-10-,16-12-,25-21-,26-22-,28-24-,37-33-,39-34-,40-35-,41-36-,51-47-,54-50-,66-62-. The fraction of sp³-hybridized carbons (Fsp3) is 0.639. The van der Waals surface area contributed by atoms with Crippen molar-refractivity contribution in [2.45, 2.75) is 303 Å². The van der Waals surface area contributed by atoms with Crippen LogP contribution in [0.25, 0.3) is 0 Å². The number of allylic oxidation sites excluding steroid dienone is 25. The number of aliphatic hydroxyl groups excluding tert-OH is 1. The smallest absolute Gasteiger partial charge is 0.462 e. The van der Waals surface area contributed by atoms with Crippen molar-refractivity contribution in [2.24, 2.45) is 0 Å². The van der Waals surface area contributed by atoms with Gasteiger partial charge in [-0.1, -0.05) is 269 Å². The summed E-state index contributed by atoms with van der Waals surface area (Å²) in [5.74, 6) is -2.40. The molecule has 0 rings (SSSR count). The fourth-order valence-electron chi connectivity index (χ4n) is 9.71. The van der Waals surface area contributed by atoms with Crippen LogP contribution in [-0.4, -0.2) is 96.7 Å². The maximum absolute atomic E-state index is 13.1. The summed E-state index contributed by atoms with van der Waals surface area (Å²) in [6.07, 6.45) is 85.5. The van der Waals surface area contributed by atoms with Gasteiger partial charge < -0.3 is 33.8 Å². The summed E-state index contributed by atoms with van der Waals surface area (Å²) in [5.41, 5.74) is 0. The Hall–Kier alpha value is -5.32. The highest BCUT2D eigenvalue weighted by Crippen LogP contribution is 2.45. The molecule has 0 aliphatic heterocycles. The summed E-state index contributed by atoms with van der Waals surface area (Å²) in [7, 11) is -10.0. The first-order chi connectivity index (χ1) is 49.7. The van der Waals surface area contributed by atoms with Crippen LogP contribution in [-0.2, 0) is 65.4 Å². The van der Waals surface area contributed by atoms with E-state index in [1.54, 1.807) is 12.2 Å². The number of phosphoric acid groups is 2. The summed E-state index contributed by atoms with van der Waals surface area (Å²) < 4.78 is 68.3. The number of esters is 4. The van der Waals surface area contributed by atoms with Crippen LogP contribution in [0.2, 0.25) is 0 Å². The van der Waals surface area contributed by atoms with Gasteiger partial charge in [0.1, 0.15) is 19.3 Å². The maximum atomic E-state index is 13.1. The topological polar surface area (TPSA) is 237 Å². The van der Waals surface area contributed by atoms with E-state index in [1.807, 2.05) is 12.2 Å². The van der Waals surface area contributed by atoms with Gasteiger partial charge in [-0.05, 0) is 148 Å². The van der Waals surface area contributed by atoms with Crippen LogP contribution in [0.4, 0.5) is 0 Å². The normalized spacial score (nSPS) is 14.8. The Kier molecular flexibility index (Phi) is 70.1. The molecule has 0 heterocycles. The first-order valence-electron chi connectivity index (χ1n) is 38.7. The van der Waals surface area contributed by atoms with Crippen LogP contribution in [0.1, 0.15) is 285 Å². The average Bonchev–Trinajstić information content (AvgIpc) is 0.919. The lowest BCUT2D eigenvalue weighted by Crippen LogP contribution is -2.30. The average molecular weight is 1470 g/mol. The molecule has 5 atom stereocenters. The second-order valence-corrected chi connectivity index (χ2v) is 28.1. The van der Waals surface area contributed by atoms with Gasteiger partial charge in [0.2, 0.25) is 0 Å². The quantitative estimate of drug-likeness (QED) is 0.0169. The van der Waals surface area contributed by atoms with E-state index >= 15 is 0 Å². The third-order valence-corrected chi connectivity index (χ3v) is 17.4. The van der Waals surface area contributed by atoms with E-state index in [-0.39, 0.29) is 25.7 Å². The SMILES string of the molecule is CC/C=C\C/C=C\C/C=C\C/C=C\C/C=C\CC(=O)OC(COC(=O)CCCCCCCCC/C=C\C/C=C\C/C=C\CC)COP(=O)(O)OCC(O)COP(=O)(O)OCC(COC(=O)CCCC/C=C\C/C=C\C/C=C\C/C=C\CC)OC(=O)CCCCCCC/C=C\CCCCCCCC. The van der Waals surface area contributed by atoms with Crippen molar-refractivity contribution < 1.29 is 80.2 Å². The van der Waals surface area contributed by atoms with Gasteiger partial charge in [0.05, 0.1) is 32.8 Å². The zero-order chi connectivity index (χ0) is 74.6. The van der Waals surface area contributed by atoms with Crippen LogP contribution in [0.15, 0.2) is 158 Å². The lowest BCUT2D eigenvalue weighted by atomic mass is 10.1. The maximum Gasteiger partial charge on any atom is 0.472 e. The molecule has 0 saturated carbocycles. The lowest BCUT2D eigenvalue weighted by Gasteiger charge is -2.21. The molecule has 3 N–H and O–H groups in total. The van der Waals surface area contributed by atoms with E-state index in [0.29, 0.717) is 25.7 Å². The van der Waals surface area contributed by atoms with Gasteiger partial charge >= 0.3 is 39.5 Å². The Bertz CT molecular complexity index is 2550. The zero-order valence-corrected chi connectivity index (χ0v) is 65.0. The predicted molar refractivity (Wildman–Crippen MR) is 417 cm³/mol. The van der Waals surface area contributed by atoms with Crippen molar-refractivity contribution in [1.82, 2.24) is 0 Å². The number of carbonyl (C=O) groups excluding carboxylic acids is 4. The summed E-state index contributed by atoms with van der Waals surface area (Å²) >= 11 is 0. The number of aliphatic hydroxyl groups is 1. The van der Waals surface area contributed by atoms with E-state index in [2.05, 4.69) is 161 Å². The molecule has 0 aromatic rings. The zero-order valence-electron chi connectivity index (χ0n) is 63.2. The second-order valence-electron chi connectivity index (χ2n) is 25.2. The third-order valence-electron chi connectivity index (χ3n) is 15.5. The highest BCUT2D eigenvalue weighted by molar-refractivity contribution is 7.47. The summed E-state index contributed by atoms with van der Waals surface area (Å²) in [5, 5.41) is 10.6. The number of hydrogen-bond acceptors (Lipinski definition) is 15. The van der Waals surface area contributed by atoms with Gasteiger partial charge in [-0.25, -0.2) is 9.13 Å². The molecule has 0 bridgehead atoms. The third kappa shape index (κ3) is 73.0. The summed E-state index contributed by atoms with van der Waals surface area (Å²) in [4.78, 5) is 72.9. The molecule has 0 amide bonds. The van der Waals surface area contributed by atoms with Gasteiger partial charge in [-0.3, -0.25) is 37.3 Å². The lowest BCUT2D eigenvalue weighted by molar-refractivity contribution is -0.161. The molecule has 102 heavy (non-hydrogen) atoms. The van der Waals surface area contributed by atoms with Crippen LogP contribution in [0.3, 0.4) is 0 Å². The molecule has 0 aromatic heterocycles. The molecule has 0 aliphatic rings. The molecule has 0 radical (unpaired) electrons. The van der Waals surface area contributed by atoms with Crippen LogP contribution in [0, 0.1) is 0 Å². The Morgan fingerprint density at radius 3 is 0.902 bits per heavy atom. The summed E-state index contributed by atoms with van der Waals surface area (Å²) in [6.45, 7) is 4.33. The molecule has 0 saturated heterocycles. The Labute approximate surface area is 617 Å². The van der Waals surface area contributed by atoms with Crippen LogP contribution in [0.5, 0.6) is 0 Å². The number of carbonyl (C=O) groups is 4. The molecule has 0 aliphatic carbocycles. The monoisotopic (exact) mass is 1470 g/mol. The molecule has 0 fully saturated rings. The minimum atomic E-state index is -5.01. The minimum Gasteiger partial charge on any atom is -0.462 e. The van der Waals surface area contributed by atoms with E-state index in [1.165, 1.54) is 38.5 Å². The van der Waals surface area contributed by atoms with Gasteiger partial charge in [-0.15, -0.1) is 0 Å². The number of hydrogen-bond donors (Lipinski definition) is 3. The van der Waals surface area contributed by atoms with E-state index < -0.39 is 97.5 Å². The molecule has 580 valence electrons. The minimum absolute atomic E-state index is 0.0691. The Morgan fingerprint density at radius 1 is 0.294 bits per heavy atom. The van der Waals surface area contributed by atoms with Crippen LogP contribution < -0.4 is 0 Å². The number of unbranched alkanes of at least 4 members (excludes halogenated alkanes) is 20. The number of rotatable bonds is 71. The van der Waals surface area contributed by atoms with Crippen molar-refractivity contribution in [3.8, 4) is 0 Å². The van der Waals surface area contributed by atoms with E-state index in [4.69, 9.17) is 37.0 Å². The second kappa shape index (κ2) is 74.0. The van der Waals surface area contributed by atoms with Gasteiger partial charge in [0.25, 0.3) is 0 Å². The molecular weight excluding hydrogens is 1330 g/mol. The highest BCUT2D eigenvalue weighted by Gasteiger charge is 2.30. The van der Waals surface area contributed by atoms with Crippen molar-refractivity contribution in [3.63, 3.8) is 0 Å². The Morgan fingerprint density at radius 2 is 0.549 bits per heavy atom. The number of ether oxygens (including phenoxy) is 4. The largest absolute Gasteiger partial charge is 0.472 e. The summed E-state index contributed by atoms with van der Waals surface area (Å²) in [6, 6.07) is 0. The van der Waals surface area contributed by atoms with Crippen LogP contribution >= 0.6 is 15.6 Å². The van der Waals surface area contributed by atoms with E-state index in [0.717, 1.165) is 167 Å². The highest BCUT2D eigenvalue weighted by atomic mass is 31.2. The fourth-order valence-corrected chi connectivity index (χ4v) is 11.3. The molecule has 0 aromatic carbocycles. The van der Waals surface area contributed by atoms with Crippen molar-refractivity contribution in [1.29, 1.82) is 0 Å².